The van der Waals surface area contributed by atoms with Crippen LogP contribution in [0.1, 0.15) is 12.8 Å². The van der Waals surface area contributed by atoms with Crippen LogP contribution in [0.3, 0.4) is 0 Å². The van der Waals surface area contributed by atoms with E-state index in [2.05, 4.69) is 0 Å². The molecule has 102 valence electrons. The molecule has 1 saturated carbocycles. The summed E-state index contributed by atoms with van der Waals surface area (Å²) in [5.41, 5.74) is 0. The van der Waals surface area contributed by atoms with Crippen molar-refractivity contribution in [3.05, 3.63) is 30.3 Å². The maximum atomic E-state index is 12.2. The quantitative estimate of drug-likeness (QED) is 0.828. The molecular weight excluding hydrogens is 242 g/mol. The molecule has 4 heteroatoms. The molecule has 4 nitrogen and oxygen atoms in total. The molecule has 2 aliphatic rings. The molecule has 1 heterocycles. The molecule has 1 amide bonds. The van der Waals surface area contributed by atoms with Crippen molar-refractivity contribution in [2.24, 2.45) is 5.92 Å². The zero-order chi connectivity index (χ0) is 13.2. The maximum Gasteiger partial charge on any atom is 0.260 e. The van der Waals surface area contributed by atoms with Crippen molar-refractivity contribution in [1.29, 1.82) is 0 Å². The average molecular weight is 261 g/mol. The first kappa shape index (κ1) is 12.5. The Labute approximate surface area is 113 Å². The number of carbonyl (C=O) groups excluding carboxylic acids is 1. The maximum absolute atomic E-state index is 12.2. The van der Waals surface area contributed by atoms with Crippen molar-refractivity contribution < 1.29 is 14.3 Å². The molecule has 3 atom stereocenters. The van der Waals surface area contributed by atoms with Gasteiger partial charge >= 0.3 is 0 Å². The molecule has 2 bridgehead atoms. The number of amides is 1. The summed E-state index contributed by atoms with van der Waals surface area (Å²) < 4.78 is 11.0. The van der Waals surface area contributed by atoms with E-state index in [1.807, 2.05) is 35.2 Å². The second-order valence-corrected chi connectivity index (χ2v) is 5.25. The summed E-state index contributed by atoms with van der Waals surface area (Å²) in [5, 5.41) is 0. The predicted molar refractivity (Wildman–Crippen MR) is 71.0 cm³/mol. The van der Waals surface area contributed by atoms with E-state index < -0.39 is 0 Å². The Morgan fingerprint density at radius 1 is 1.32 bits per heavy atom. The summed E-state index contributed by atoms with van der Waals surface area (Å²) >= 11 is 0. The first-order chi connectivity index (χ1) is 9.29. The Balaban J connectivity index is 1.57. The number of nitrogens with zero attached hydrogens (tertiary/aromatic N) is 1. The molecule has 2 fully saturated rings. The third-order valence-corrected chi connectivity index (χ3v) is 4.21. The number of rotatable bonds is 4. The highest BCUT2D eigenvalue weighted by Gasteiger charge is 2.48. The molecule has 19 heavy (non-hydrogen) atoms. The van der Waals surface area contributed by atoms with E-state index in [4.69, 9.17) is 9.47 Å². The molecule has 1 aliphatic carbocycles. The van der Waals surface area contributed by atoms with Crippen LogP contribution in [0.5, 0.6) is 5.75 Å². The van der Waals surface area contributed by atoms with Crippen LogP contribution in [0.25, 0.3) is 0 Å². The summed E-state index contributed by atoms with van der Waals surface area (Å²) in [6, 6.07) is 9.71. The van der Waals surface area contributed by atoms with E-state index in [1.165, 1.54) is 6.42 Å². The molecule has 1 aromatic carbocycles. The number of para-hydroxylation sites is 1. The zero-order valence-electron chi connectivity index (χ0n) is 11.1. The molecule has 0 aromatic heterocycles. The van der Waals surface area contributed by atoms with Gasteiger partial charge in [-0.2, -0.15) is 0 Å². The smallest absolute Gasteiger partial charge is 0.260 e. The van der Waals surface area contributed by atoms with Crippen molar-refractivity contribution in [3.8, 4) is 5.75 Å². The van der Waals surface area contributed by atoms with Crippen LogP contribution < -0.4 is 4.74 Å². The van der Waals surface area contributed by atoms with Crippen LogP contribution in [-0.4, -0.2) is 43.2 Å². The van der Waals surface area contributed by atoms with Crippen molar-refractivity contribution in [2.45, 2.75) is 25.0 Å². The first-order valence-corrected chi connectivity index (χ1v) is 6.79. The van der Waals surface area contributed by atoms with Crippen LogP contribution in [0.4, 0.5) is 0 Å². The standard InChI is InChI=1S/C15H19NO3/c1-18-15-11-7-8-13(15)16(9-11)14(17)10-19-12-5-3-2-4-6-12/h2-6,11,13,15H,7-10H2,1H3/t11-,13+,15+/m0/s1. The Kier molecular flexibility index (Phi) is 3.42. The van der Waals surface area contributed by atoms with Gasteiger partial charge in [0, 0.05) is 19.6 Å². The van der Waals surface area contributed by atoms with E-state index >= 15 is 0 Å². The third kappa shape index (κ3) is 2.32. The van der Waals surface area contributed by atoms with Crippen molar-refractivity contribution in [1.82, 2.24) is 4.90 Å². The second kappa shape index (κ2) is 5.21. The van der Waals surface area contributed by atoms with Crippen LogP contribution in [0.15, 0.2) is 30.3 Å². The molecule has 1 aliphatic heterocycles. The molecule has 1 aromatic rings. The molecule has 1 saturated heterocycles. The Bertz CT molecular complexity index is 448. The van der Waals surface area contributed by atoms with Gasteiger partial charge in [-0.25, -0.2) is 0 Å². The SMILES string of the molecule is CO[C@@H]1[C@H]2CC[C@H]1N(C(=O)COc1ccccc1)C2. The number of ether oxygens (including phenoxy) is 2. The number of likely N-dealkylation sites (tertiary alicyclic amines) is 1. The lowest BCUT2D eigenvalue weighted by Gasteiger charge is -2.27. The van der Waals surface area contributed by atoms with Crippen LogP contribution in [0.2, 0.25) is 0 Å². The van der Waals surface area contributed by atoms with Gasteiger partial charge in [0.25, 0.3) is 5.91 Å². The van der Waals surface area contributed by atoms with E-state index in [0.29, 0.717) is 5.92 Å². The van der Waals surface area contributed by atoms with Gasteiger partial charge in [-0.15, -0.1) is 0 Å². The Morgan fingerprint density at radius 2 is 2.11 bits per heavy atom. The molecule has 0 radical (unpaired) electrons. The highest BCUT2D eigenvalue weighted by atomic mass is 16.5. The van der Waals surface area contributed by atoms with E-state index in [-0.39, 0.29) is 24.7 Å². The molecular formula is C15H19NO3. The lowest BCUT2D eigenvalue weighted by molar-refractivity contribution is -0.135. The van der Waals surface area contributed by atoms with Gasteiger partial charge in [-0.3, -0.25) is 4.79 Å². The monoisotopic (exact) mass is 261 g/mol. The lowest BCUT2D eigenvalue weighted by atomic mass is 10.1. The molecule has 0 spiro atoms. The molecule has 0 N–H and O–H groups in total. The van der Waals surface area contributed by atoms with Crippen LogP contribution in [0, 0.1) is 5.92 Å². The Morgan fingerprint density at radius 3 is 2.79 bits per heavy atom. The fraction of sp³-hybridized carbons (Fsp3) is 0.533. The number of methoxy groups -OCH3 is 1. The fourth-order valence-electron chi connectivity index (χ4n) is 3.32. The highest BCUT2D eigenvalue weighted by Crippen LogP contribution is 2.39. The summed E-state index contributed by atoms with van der Waals surface area (Å²) in [7, 11) is 1.74. The van der Waals surface area contributed by atoms with Gasteiger partial charge in [0.1, 0.15) is 5.75 Å². The largest absolute Gasteiger partial charge is 0.484 e. The van der Waals surface area contributed by atoms with Crippen molar-refractivity contribution in [2.75, 3.05) is 20.3 Å². The summed E-state index contributed by atoms with van der Waals surface area (Å²) in [6.45, 7) is 0.934. The minimum Gasteiger partial charge on any atom is -0.484 e. The van der Waals surface area contributed by atoms with Gasteiger partial charge in [0.2, 0.25) is 0 Å². The summed E-state index contributed by atoms with van der Waals surface area (Å²) in [5.74, 6) is 1.32. The topological polar surface area (TPSA) is 38.8 Å². The summed E-state index contributed by atoms with van der Waals surface area (Å²) in [4.78, 5) is 14.2. The number of hydrogen-bond donors (Lipinski definition) is 0. The molecule has 0 unspecified atom stereocenters. The zero-order valence-corrected chi connectivity index (χ0v) is 11.1. The minimum atomic E-state index is 0.0677. The number of fused-ring (bicyclic) bond motifs is 2. The number of piperidine rings is 1. The number of hydrogen-bond acceptors (Lipinski definition) is 3. The lowest BCUT2D eigenvalue weighted by Crippen LogP contribution is -2.42. The third-order valence-electron chi connectivity index (χ3n) is 4.21. The van der Waals surface area contributed by atoms with E-state index in [0.717, 1.165) is 18.7 Å². The average Bonchev–Trinajstić information content (AvgIpc) is 3.02. The first-order valence-electron chi connectivity index (χ1n) is 6.79. The number of benzene rings is 1. The normalized spacial score (nSPS) is 28.7. The minimum absolute atomic E-state index is 0.0677. The summed E-state index contributed by atoms with van der Waals surface area (Å²) in [6.07, 6.45) is 2.45. The van der Waals surface area contributed by atoms with Gasteiger partial charge in [-0.1, -0.05) is 18.2 Å². The molecule has 3 rings (SSSR count). The van der Waals surface area contributed by atoms with Gasteiger partial charge < -0.3 is 14.4 Å². The van der Waals surface area contributed by atoms with E-state index in [1.54, 1.807) is 7.11 Å². The van der Waals surface area contributed by atoms with Gasteiger partial charge in [0.05, 0.1) is 12.1 Å². The van der Waals surface area contributed by atoms with Crippen LogP contribution >= 0.6 is 0 Å². The van der Waals surface area contributed by atoms with Gasteiger partial charge in [0.15, 0.2) is 6.61 Å². The second-order valence-electron chi connectivity index (χ2n) is 5.25. The highest BCUT2D eigenvalue weighted by molar-refractivity contribution is 5.78. The fourth-order valence-corrected chi connectivity index (χ4v) is 3.32. The van der Waals surface area contributed by atoms with Gasteiger partial charge in [-0.05, 0) is 25.0 Å². The van der Waals surface area contributed by atoms with Crippen molar-refractivity contribution >= 4 is 5.91 Å². The van der Waals surface area contributed by atoms with Crippen molar-refractivity contribution in [3.63, 3.8) is 0 Å². The van der Waals surface area contributed by atoms with Crippen LogP contribution in [-0.2, 0) is 9.53 Å². The predicted octanol–water partition coefficient (Wildman–Crippen LogP) is 1.70. The van der Waals surface area contributed by atoms with E-state index in [9.17, 15) is 4.79 Å². The number of carbonyl (C=O) groups is 1. The Hall–Kier alpha value is -1.55.